The number of aromatic nitrogens is 3. The number of carboxylic acid groups (broad SMARTS) is 1. The van der Waals surface area contributed by atoms with E-state index < -0.39 is 34.4 Å². The van der Waals surface area contributed by atoms with Crippen molar-refractivity contribution in [2.75, 3.05) is 25.7 Å². The number of carbonyl (C=O) groups is 2. The molecule has 4 N–H and O–H groups in total. The van der Waals surface area contributed by atoms with Gasteiger partial charge in [0.25, 0.3) is 0 Å². The van der Waals surface area contributed by atoms with Crippen LogP contribution in [0.4, 0.5) is 0 Å². The van der Waals surface area contributed by atoms with Crippen LogP contribution in [-0.4, -0.2) is 82.7 Å². The minimum Gasteiger partial charge on any atom is -0.480 e. The van der Waals surface area contributed by atoms with Crippen molar-refractivity contribution in [2.24, 2.45) is 5.92 Å². The number of hydrogen-bond acceptors (Lipinski definition) is 9. The molecule has 12 nitrogen and oxygen atoms in total. The van der Waals surface area contributed by atoms with Gasteiger partial charge >= 0.3 is 16.4 Å². The summed E-state index contributed by atoms with van der Waals surface area (Å²) in [6.07, 6.45) is 3.80. The molecule has 0 radical (unpaired) electrons. The monoisotopic (exact) mass is 467 g/mol. The first kappa shape index (κ1) is 26.3. The topological polar surface area (TPSA) is 173 Å². The van der Waals surface area contributed by atoms with Gasteiger partial charge in [-0.3, -0.25) is 9.35 Å². The molecule has 0 aliphatic heterocycles. The van der Waals surface area contributed by atoms with Crippen molar-refractivity contribution in [2.45, 2.75) is 44.8 Å². The van der Waals surface area contributed by atoms with Crippen LogP contribution in [0, 0.1) is 5.92 Å². The number of thioether (sulfide) groups is 1. The van der Waals surface area contributed by atoms with Gasteiger partial charge in [0.15, 0.2) is 0 Å². The smallest absolute Gasteiger partial charge is 0.397 e. The summed E-state index contributed by atoms with van der Waals surface area (Å²) in [5.74, 6) is -1.33. The van der Waals surface area contributed by atoms with E-state index in [0.29, 0.717) is 17.9 Å². The van der Waals surface area contributed by atoms with Crippen LogP contribution < -0.4 is 10.6 Å². The quantitative estimate of drug-likeness (QED) is 0.266. The van der Waals surface area contributed by atoms with Crippen LogP contribution in [0.2, 0.25) is 0 Å². The van der Waals surface area contributed by atoms with E-state index in [2.05, 4.69) is 25.1 Å². The van der Waals surface area contributed by atoms with E-state index in [1.807, 2.05) is 13.2 Å². The Kier molecular flexibility index (Phi) is 10.7. The molecule has 0 aliphatic carbocycles. The van der Waals surface area contributed by atoms with E-state index in [4.69, 9.17) is 4.55 Å². The van der Waals surface area contributed by atoms with Crippen molar-refractivity contribution in [3.63, 3.8) is 0 Å². The van der Waals surface area contributed by atoms with Gasteiger partial charge in [0, 0.05) is 12.1 Å². The molecule has 1 aromatic heterocycles. The van der Waals surface area contributed by atoms with Gasteiger partial charge < -0.3 is 15.7 Å². The molecule has 1 aromatic rings. The summed E-state index contributed by atoms with van der Waals surface area (Å²) < 4.78 is 35.3. The number of hydrogen-bond donors (Lipinski definition) is 4. The van der Waals surface area contributed by atoms with E-state index in [-0.39, 0.29) is 25.0 Å². The fourth-order valence-electron chi connectivity index (χ4n) is 2.78. The third kappa shape index (κ3) is 8.95. The van der Waals surface area contributed by atoms with Gasteiger partial charge in [0.2, 0.25) is 5.91 Å². The highest BCUT2D eigenvalue weighted by atomic mass is 32.3. The second-order valence-corrected chi connectivity index (χ2v) is 8.89. The Labute approximate surface area is 180 Å². The zero-order valence-electron chi connectivity index (χ0n) is 17.3. The summed E-state index contributed by atoms with van der Waals surface area (Å²) in [7, 11) is -2.90. The summed E-state index contributed by atoms with van der Waals surface area (Å²) >= 11 is 1.51. The summed E-state index contributed by atoms with van der Waals surface area (Å²) in [6.45, 7) is 3.37. The summed E-state index contributed by atoms with van der Waals surface area (Å²) in [5.41, 5.74) is 0.570. The Morgan fingerprint density at radius 2 is 2.03 bits per heavy atom. The second kappa shape index (κ2) is 12.2. The molecule has 2 unspecified atom stereocenters. The first-order chi connectivity index (χ1) is 14.0. The van der Waals surface area contributed by atoms with Crippen molar-refractivity contribution >= 4 is 34.0 Å². The van der Waals surface area contributed by atoms with E-state index in [1.54, 1.807) is 20.2 Å². The normalized spacial score (nSPS) is 15.9. The lowest BCUT2D eigenvalue weighted by Gasteiger charge is -2.25. The number of amides is 1. The molecule has 0 aromatic carbocycles. The Balaban J connectivity index is 2.70. The highest BCUT2D eigenvalue weighted by Crippen LogP contribution is 2.19. The zero-order valence-corrected chi connectivity index (χ0v) is 18.9. The second-order valence-electron chi connectivity index (χ2n) is 6.89. The Morgan fingerprint density at radius 3 is 2.57 bits per heavy atom. The molecule has 0 bridgehead atoms. The SMILES string of the molecule is CN[C@@H](CC(C)c1cn(CCOS(=O)(=O)O)nn1)C(=O)N[C@@H](C(=O)O)C(C)CSC. The highest BCUT2D eigenvalue weighted by molar-refractivity contribution is 7.98. The molecular formula is C16H29N5O7S2. The van der Waals surface area contributed by atoms with Crippen molar-refractivity contribution in [1.29, 1.82) is 0 Å². The number of nitrogens with zero attached hydrogens (tertiary/aromatic N) is 3. The molecule has 0 aliphatic rings. The maximum Gasteiger partial charge on any atom is 0.397 e. The van der Waals surface area contributed by atoms with Gasteiger partial charge in [-0.1, -0.05) is 19.1 Å². The van der Waals surface area contributed by atoms with E-state index in [9.17, 15) is 23.1 Å². The van der Waals surface area contributed by atoms with E-state index >= 15 is 0 Å². The van der Waals surface area contributed by atoms with E-state index in [1.165, 1.54) is 16.4 Å². The van der Waals surface area contributed by atoms with Crippen LogP contribution in [0.25, 0.3) is 0 Å². The average Bonchev–Trinajstić information content (AvgIpc) is 3.11. The van der Waals surface area contributed by atoms with Crippen LogP contribution in [0.5, 0.6) is 0 Å². The first-order valence-corrected chi connectivity index (χ1v) is 12.0. The molecule has 172 valence electrons. The van der Waals surface area contributed by atoms with Gasteiger partial charge in [-0.25, -0.2) is 13.7 Å². The molecular weight excluding hydrogens is 438 g/mol. The maximum atomic E-state index is 12.6. The fraction of sp³-hybridized carbons (Fsp3) is 0.750. The Bertz CT molecular complexity index is 802. The number of nitrogens with one attached hydrogen (secondary N) is 2. The largest absolute Gasteiger partial charge is 0.480 e. The Morgan fingerprint density at radius 1 is 1.37 bits per heavy atom. The van der Waals surface area contributed by atoms with Crippen LogP contribution >= 0.6 is 11.8 Å². The molecule has 0 saturated carbocycles. The number of rotatable bonds is 14. The van der Waals surface area contributed by atoms with Crippen LogP contribution in [-0.2, 0) is 30.7 Å². The van der Waals surface area contributed by atoms with Crippen molar-refractivity contribution < 1.29 is 31.8 Å². The zero-order chi connectivity index (χ0) is 22.9. The van der Waals surface area contributed by atoms with Crippen molar-refractivity contribution in [1.82, 2.24) is 25.6 Å². The molecule has 14 heteroatoms. The minimum absolute atomic E-state index is 0.0586. The number of aliphatic carboxylic acids is 1. The molecule has 0 fully saturated rings. The van der Waals surface area contributed by atoms with Crippen LogP contribution in [0.15, 0.2) is 6.20 Å². The molecule has 0 spiro atoms. The van der Waals surface area contributed by atoms with Crippen LogP contribution in [0.3, 0.4) is 0 Å². The lowest BCUT2D eigenvalue weighted by atomic mass is 9.97. The van der Waals surface area contributed by atoms with Gasteiger partial charge in [-0.05, 0) is 31.4 Å². The maximum absolute atomic E-state index is 12.6. The average molecular weight is 468 g/mol. The molecule has 4 atom stereocenters. The Hall–Kier alpha value is -1.74. The predicted octanol–water partition coefficient (Wildman–Crippen LogP) is -0.252. The standard InChI is InChI=1S/C16H29N5O7S2/c1-10(13-8-21(20-19-13)5-6-28-30(25,26)27)7-12(17-3)15(22)18-14(16(23)24)11(2)9-29-4/h8,10-12,14,17H,5-7,9H2,1-4H3,(H,18,22)(H,23,24)(H,25,26,27)/t10?,11?,12-,14+/m0/s1. The van der Waals surface area contributed by atoms with Crippen molar-refractivity contribution in [3.05, 3.63) is 11.9 Å². The molecule has 1 amide bonds. The third-order valence-corrected chi connectivity index (χ3v) is 5.75. The van der Waals surface area contributed by atoms with Gasteiger partial charge in [0.1, 0.15) is 6.04 Å². The number of carboxylic acids is 1. The lowest BCUT2D eigenvalue weighted by molar-refractivity contribution is -0.143. The first-order valence-electron chi connectivity index (χ1n) is 9.19. The molecule has 1 rings (SSSR count). The summed E-state index contributed by atoms with van der Waals surface area (Å²) in [6, 6.07) is -1.63. The lowest BCUT2D eigenvalue weighted by Crippen LogP contribution is -2.52. The number of likely N-dealkylation sites (N-methyl/N-ethyl adjacent to an activating group) is 1. The highest BCUT2D eigenvalue weighted by Gasteiger charge is 2.30. The molecule has 0 saturated heterocycles. The minimum atomic E-state index is -4.52. The molecule has 1 heterocycles. The van der Waals surface area contributed by atoms with Gasteiger partial charge in [-0.15, -0.1) is 5.10 Å². The van der Waals surface area contributed by atoms with Gasteiger partial charge in [-0.2, -0.15) is 20.2 Å². The van der Waals surface area contributed by atoms with Gasteiger partial charge in [0.05, 0.1) is 24.9 Å². The van der Waals surface area contributed by atoms with E-state index in [0.717, 1.165) is 0 Å². The van der Waals surface area contributed by atoms with Crippen molar-refractivity contribution in [3.8, 4) is 0 Å². The predicted molar refractivity (Wildman–Crippen MR) is 111 cm³/mol. The number of carbonyl (C=O) groups excluding carboxylic acids is 1. The summed E-state index contributed by atoms with van der Waals surface area (Å²) in [4.78, 5) is 24.2. The summed E-state index contributed by atoms with van der Waals surface area (Å²) in [5, 5.41) is 22.8. The third-order valence-electron chi connectivity index (χ3n) is 4.43. The van der Waals surface area contributed by atoms with Crippen LogP contribution in [0.1, 0.15) is 31.9 Å². The molecule has 30 heavy (non-hydrogen) atoms. The fourth-order valence-corrected chi connectivity index (χ4v) is 3.78.